The van der Waals surface area contributed by atoms with Gasteiger partial charge in [0, 0.05) is 48.1 Å². The van der Waals surface area contributed by atoms with Crippen LogP contribution in [0.2, 0.25) is 0 Å². The fraction of sp³-hybridized carbons (Fsp3) is 0.556. The highest BCUT2D eigenvalue weighted by atomic mass is 16.6. The van der Waals surface area contributed by atoms with Crippen molar-refractivity contribution in [3.8, 4) is 17.2 Å². The van der Waals surface area contributed by atoms with Crippen molar-refractivity contribution in [3.05, 3.63) is 69.6 Å². The van der Waals surface area contributed by atoms with E-state index in [1.165, 1.54) is 19.0 Å². The summed E-state index contributed by atoms with van der Waals surface area (Å²) in [5.41, 5.74) is 2.54. The average Bonchev–Trinajstić information content (AvgIpc) is 3.70. The van der Waals surface area contributed by atoms with Gasteiger partial charge in [0.2, 0.25) is 5.95 Å². The lowest BCUT2D eigenvalue weighted by molar-refractivity contribution is -0.181. The monoisotopic (exact) mass is 795 g/mol. The molecule has 0 radical (unpaired) electrons. The molecule has 4 aliphatic heterocycles. The number of ketones is 1. The number of hydrogen-bond acceptors (Lipinski definition) is 12. The van der Waals surface area contributed by atoms with Crippen molar-refractivity contribution in [2.45, 2.75) is 116 Å². The van der Waals surface area contributed by atoms with Crippen LogP contribution in [0.4, 0.5) is 5.95 Å². The smallest absolute Gasteiger partial charge is 0.333 e. The summed E-state index contributed by atoms with van der Waals surface area (Å²) in [6.45, 7) is 17.5. The maximum atomic E-state index is 15.4. The zero-order valence-corrected chi connectivity index (χ0v) is 35.2. The Bertz CT molecular complexity index is 2210. The van der Waals surface area contributed by atoms with Crippen molar-refractivity contribution in [1.29, 1.82) is 0 Å². The second-order valence-electron chi connectivity index (χ2n) is 17.7. The molecule has 13 heteroatoms. The van der Waals surface area contributed by atoms with Crippen molar-refractivity contribution in [3.63, 3.8) is 0 Å². The number of rotatable bonds is 14. The van der Waals surface area contributed by atoms with Gasteiger partial charge in [0.1, 0.15) is 35.8 Å². The number of hydrogen-bond donors (Lipinski definition) is 3. The van der Waals surface area contributed by atoms with Gasteiger partial charge in [-0.15, -0.1) is 0 Å². The number of aromatic nitrogens is 3. The predicted octanol–water partition coefficient (Wildman–Crippen LogP) is 6.44. The van der Waals surface area contributed by atoms with E-state index in [0.29, 0.717) is 61.3 Å². The third kappa shape index (κ3) is 5.98. The molecule has 5 heterocycles. The molecule has 4 bridgehead atoms. The maximum absolute atomic E-state index is 15.4. The lowest BCUT2D eigenvalue weighted by atomic mass is 9.47. The lowest BCUT2D eigenvalue weighted by Gasteiger charge is -2.62. The molecule has 310 valence electrons. The van der Waals surface area contributed by atoms with Crippen LogP contribution in [-0.4, -0.2) is 87.4 Å². The van der Waals surface area contributed by atoms with Gasteiger partial charge < -0.3 is 39.4 Å². The normalized spacial score (nSPS) is 29.0. The molecule has 3 N–H and O–H groups in total. The Morgan fingerprint density at radius 2 is 1.86 bits per heavy atom. The SMILES string of the molecule is COC(=O)/C(C)=C\CC12OC(C)(C)C3CC(C1=O)C1C4=C(Nc5ncnn51)c1c(OCCNCCO)c5c(c(CC=C(C)C)c1OC432)OC(C)(CCC=C(C)C)C=C5. The second-order valence-corrected chi connectivity index (χ2v) is 17.7. The van der Waals surface area contributed by atoms with Crippen molar-refractivity contribution in [1.82, 2.24) is 20.1 Å². The van der Waals surface area contributed by atoms with Gasteiger partial charge in [0.25, 0.3) is 0 Å². The third-order valence-electron chi connectivity index (χ3n) is 12.9. The first kappa shape index (κ1) is 40.1. The van der Waals surface area contributed by atoms with Crippen LogP contribution in [-0.2, 0) is 25.5 Å². The molecule has 6 atom stereocenters. The van der Waals surface area contributed by atoms with E-state index in [2.05, 4.69) is 79.6 Å². The van der Waals surface area contributed by atoms with Crippen molar-refractivity contribution in [2.75, 3.05) is 38.7 Å². The standard InChI is InChI=1S/C45H57N5O8/c1-25(2)11-10-16-43(8)17-15-29-36(56-43)28(13-12-26(3)4)38-32(37(29)55-22-20-46-19-21-51)34-33-35(50-41(49-34)47-24-48-50)30-23-31-42(6,7)58-44(39(30)52,45(31,33)57-38)18-14-27(5)40(53)54-9/h11-12,14-15,17,24,30-31,35,46,51H,10,13,16,18-23H2,1-9H3,(H,47,48,49)/b27-14-. The Hall–Kier alpha value is -4.72. The van der Waals surface area contributed by atoms with E-state index in [1.807, 2.05) is 18.5 Å². The van der Waals surface area contributed by atoms with Crippen molar-refractivity contribution in [2.24, 2.45) is 11.8 Å². The van der Waals surface area contributed by atoms with Crippen molar-refractivity contribution >= 4 is 29.5 Å². The quantitative estimate of drug-likeness (QED) is 0.0834. The molecule has 6 unspecified atom stereocenters. The summed E-state index contributed by atoms with van der Waals surface area (Å²) >= 11 is 0. The van der Waals surface area contributed by atoms with Gasteiger partial charge in [-0.3, -0.25) is 4.79 Å². The van der Waals surface area contributed by atoms with E-state index >= 15 is 4.79 Å². The molecular formula is C45H57N5O8. The summed E-state index contributed by atoms with van der Waals surface area (Å²) in [5.74, 6) is 1.03. The molecule has 1 aromatic heterocycles. The van der Waals surface area contributed by atoms with Gasteiger partial charge in [-0.2, -0.15) is 10.1 Å². The Kier molecular flexibility index (Phi) is 10.0. The summed E-state index contributed by atoms with van der Waals surface area (Å²) in [6, 6.07) is -0.497. The number of allylic oxidation sites excluding steroid dienone is 4. The van der Waals surface area contributed by atoms with E-state index < -0.39 is 40.3 Å². The molecule has 3 aliphatic carbocycles. The van der Waals surface area contributed by atoms with E-state index in [1.54, 1.807) is 13.0 Å². The van der Waals surface area contributed by atoms with Crippen LogP contribution in [0.25, 0.3) is 11.8 Å². The van der Waals surface area contributed by atoms with Crippen LogP contribution >= 0.6 is 0 Å². The average molecular weight is 796 g/mol. The fourth-order valence-electron chi connectivity index (χ4n) is 10.3. The van der Waals surface area contributed by atoms with Crippen LogP contribution in [0, 0.1) is 11.8 Å². The van der Waals surface area contributed by atoms with E-state index in [0.717, 1.165) is 46.4 Å². The number of carbonyl (C=O) groups is 2. The Balaban J connectivity index is 1.42. The van der Waals surface area contributed by atoms with Gasteiger partial charge >= 0.3 is 5.97 Å². The van der Waals surface area contributed by atoms with Crippen LogP contribution < -0.4 is 24.8 Å². The second kappa shape index (κ2) is 14.5. The van der Waals surface area contributed by atoms with Gasteiger partial charge in [-0.1, -0.05) is 29.4 Å². The number of anilines is 1. The number of aliphatic hydroxyl groups is 1. The molecular weight excluding hydrogens is 739 g/mol. The van der Waals surface area contributed by atoms with E-state index in [-0.39, 0.29) is 24.7 Å². The molecule has 1 spiro atoms. The predicted molar refractivity (Wildman–Crippen MR) is 220 cm³/mol. The number of aliphatic hydroxyl groups excluding tert-OH is 1. The van der Waals surface area contributed by atoms with Crippen molar-refractivity contribution < 1.29 is 38.4 Å². The minimum atomic E-state index is -1.49. The first-order valence-electron chi connectivity index (χ1n) is 20.5. The van der Waals surface area contributed by atoms with Crippen LogP contribution in [0.15, 0.2) is 52.9 Å². The van der Waals surface area contributed by atoms with Crippen LogP contribution in [0.5, 0.6) is 17.2 Å². The fourth-order valence-corrected chi connectivity index (χ4v) is 10.3. The molecule has 9 rings (SSSR count). The number of carbonyl (C=O) groups excluding carboxylic acids is 2. The number of nitrogens with one attached hydrogen (secondary N) is 2. The van der Waals surface area contributed by atoms with Crippen LogP contribution in [0.1, 0.15) is 104 Å². The minimum absolute atomic E-state index is 0.0134. The Labute approximate surface area is 340 Å². The zero-order chi connectivity index (χ0) is 41.4. The highest BCUT2D eigenvalue weighted by Crippen LogP contribution is 2.74. The molecule has 2 aromatic rings. The lowest BCUT2D eigenvalue weighted by Crippen LogP contribution is -2.75. The Morgan fingerprint density at radius 1 is 1.09 bits per heavy atom. The van der Waals surface area contributed by atoms with E-state index in [4.69, 9.17) is 23.7 Å². The maximum Gasteiger partial charge on any atom is 0.333 e. The highest BCUT2D eigenvalue weighted by Gasteiger charge is 2.84. The molecule has 1 aromatic carbocycles. The first-order valence-corrected chi connectivity index (χ1v) is 20.5. The van der Waals surface area contributed by atoms with Gasteiger partial charge in [0.05, 0.1) is 42.2 Å². The molecule has 3 saturated carbocycles. The first-order chi connectivity index (χ1) is 27.6. The molecule has 13 nitrogen and oxygen atoms in total. The topological polar surface area (TPSA) is 155 Å². The highest BCUT2D eigenvalue weighted by molar-refractivity contribution is 6.02. The molecule has 4 fully saturated rings. The van der Waals surface area contributed by atoms with Gasteiger partial charge in [-0.25, -0.2) is 9.48 Å². The zero-order valence-electron chi connectivity index (χ0n) is 35.2. The number of esters is 1. The van der Waals surface area contributed by atoms with Crippen LogP contribution in [0.3, 0.4) is 0 Å². The third-order valence-corrected chi connectivity index (χ3v) is 12.9. The Morgan fingerprint density at radius 3 is 2.59 bits per heavy atom. The minimum Gasteiger partial charge on any atom is -0.491 e. The largest absolute Gasteiger partial charge is 0.491 e. The number of fused-ring (bicyclic) bond motifs is 4. The number of benzene rings is 1. The molecule has 58 heavy (non-hydrogen) atoms. The summed E-state index contributed by atoms with van der Waals surface area (Å²) in [4.78, 5) is 32.8. The molecule has 0 amide bonds. The summed E-state index contributed by atoms with van der Waals surface area (Å²) in [7, 11) is 1.35. The number of methoxy groups -OCH3 is 1. The van der Waals surface area contributed by atoms with Gasteiger partial charge in [-0.05, 0) is 93.2 Å². The summed E-state index contributed by atoms with van der Waals surface area (Å²) in [5, 5.41) is 21.1. The number of ether oxygens (including phenoxy) is 5. The summed E-state index contributed by atoms with van der Waals surface area (Å²) in [6.07, 6.45) is 14.6. The summed E-state index contributed by atoms with van der Waals surface area (Å²) < 4.78 is 35.9. The van der Waals surface area contributed by atoms with Gasteiger partial charge in [0.15, 0.2) is 17.0 Å². The van der Waals surface area contributed by atoms with E-state index in [9.17, 15) is 9.90 Å². The number of nitrogens with zero attached hydrogens (tertiary/aromatic N) is 3. The molecule has 1 saturated heterocycles. The number of Topliss-reactive ketones (excluding diaryl/α,β-unsaturated/α-hetero) is 1. The molecule has 7 aliphatic rings.